The Hall–Kier alpha value is -3.72. The second-order valence-corrected chi connectivity index (χ2v) is 6.87. The fraction of sp³-hybridized carbons (Fsp3) is 0.238. The molecule has 2 aromatic rings. The predicted molar refractivity (Wildman–Crippen MR) is 114 cm³/mol. The molecule has 0 aromatic heterocycles. The number of rotatable bonds is 8. The Morgan fingerprint density at radius 1 is 1.17 bits per heavy atom. The Kier molecular flexibility index (Phi) is 6.43. The minimum absolute atomic E-state index is 0.0276. The van der Waals surface area contributed by atoms with Crippen LogP contribution in [0.2, 0.25) is 0 Å². The molecule has 9 heteroatoms. The molecule has 0 radical (unpaired) electrons. The van der Waals surface area contributed by atoms with Crippen molar-refractivity contribution >= 4 is 40.6 Å². The average Bonchev–Trinajstić information content (AvgIpc) is 3.09. The summed E-state index contributed by atoms with van der Waals surface area (Å²) in [5.74, 6) is -0.792. The van der Waals surface area contributed by atoms with E-state index >= 15 is 0 Å². The highest BCUT2D eigenvalue weighted by Crippen LogP contribution is 2.28. The Bertz CT molecular complexity index is 987. The van der Waals surface area contributed by atoms with E-state index in [1.54, 1.807) is 42.5 Å². The van der Waals surface area contributed by atoms with Crippen LogP contribution in [0.15, 0.2) is 42.5 Å². The fourth-order valence-electron chi connectivity index (χ4n) is 3.19. The third-order valence-corrected chi connectivity index (χ3v) is 4.70. The lowest BCUT2D eigenvalue weighted by atomic mass is 10.1. The number of aliphatic hydroxyl groups excluding tert-OH is 1. The molecule has 0 spiro atoms. The van der Waals surface area contributed by atoms with Crippen molar-refractivity contribution in [2.75, 3.05) is 28.7 Å². The molecule has 3 amide bonds. The van der Waals surface area contributed by atoms with E-state index in [-0.39, 0.29) is 56.0 Å². The highest BCUT2D eigenvalue weighted by Gasteiger charge is 2.22. The van der Waals surface area contributed by atoms with Crippen molar-refractivity contribution in [3.05, 3.63) is 53.6 Å². The molecular formula is C21H23N5O4. The lowest BCUT2D eigenvalue weighted by molar-refractivity contribution is -0.122. The van der Waals surface area contributed by atoms with E-state index in [4.69, 9.17) is 11.1 Å². The standard InChI is InChI=1S/C21H23N5O4/c22-21(23)13-1-3-15(4-2-13)24-18(28)7-8-20(30)26(9-10-27)16-5-6-17-14(11-16)12-19(29)25-17/h1-6,11,27H,7-10,12H2,(H3,22,23)(H,24,28)(H,25,29). The zero-order valence-electron chi connectivity index (χ0n) is 16.3. The normalized spacial score (nSPS) is 12.1. The number of fused-ring (bicyclic) bond motifs is 1. The zero-order chi connectivity index (χ0) is 21.7. The summed E-state index contributed by atoms with van der Waals surface area (Å²) in [6.07, 6.45) is 0.182. The maximum absolute atomic E-state index is 12.7. The molecule has 156 valence electrons. The molecule has 0 saturated carbocycles. The molecule has 2 aromatic carbocycles. The molecule has 0 saturated heterocycles. The van der Waals surface area contributed by atoms with Crippen molar-refractivity contribution in [1.29, 1.82) is 5.41 Å². The van der Waals surface area contributed by atoms with Gasteiger partial charge in [0.25, 0.3) is 0 Å². The molecular weight excluding hydrogens is 386 g/mol. The molecule has 1 heterocycles. The van der Waals surface area contributed by atoms with Gasteiger partial charge in [-0.2, -0.15) is 0 Å². The number of benzene rings is 2. The molecule has 30 heavy (non-hydrogen) atoms. The number of nitrogens with two attached hydrogens (primary N) is 1. The Morgan fingerprint density at radius 2 is 1.90 bits per heavy atom. The first-order valence-electron chi connectivity index (χ1n) is 9.45. The monoisotopic (exact) mass is 409 g/mol. The third kappa shape index (κ3) is 5.00. The lowest BCUT2D eigenvalue weighted by Crippen LogP contribution is -2.34. The number of anilines is 3. The van der Waals surface area contributed by atoms with Crippen LogP contribution in [0.25, 0.3) is 0 Å². The van der Waals surface area contributed by atoms with E-state index in [0.29, 0.717) is 16.9 Å². The van der Waals surface area contributed by atoms with Crippen molar-refractivity contribution in [2.24, 2.45) is 5.73 Å². The minimum Gasteiger partial charge on any atom is -0.395 e. The van der Waals surface area contributed by atoms with Gasteiger partial charge in [0.15, 0.2) is 0 Å². The molecule has 9 nitrogen and oxygen atoms in total. The van der Waals surface area contributed by atoms with E-state index in [2.05, 4.69) is 10.6 Å². The van der Waals surface area contributed by atoms with Gasteiger partial charge in [0, 0.05) is 42.0 Å². The van der Waals surface area contributed by atoms with Crippen LogP contribution in [0.1, 0.15) is 24.0 Å². The van der Waals surface area contributed by atoms with Gasteiger partial charge >= 0.3 is 0 Å². The Morgan fingerprint density at radius 3 is 2.57 bits per heavy atom. The minimum atomic E-state index is -0.327. The first-order chi connectivity index (χ1) is 14.4. The maximum Gasteiger partial charge on any atom is 0.228 e. The van der Waals surface area contributed by atoms with Crippen molar-refractivity contribution < 1.29 is 19.5 Å². The fourth-order valence-corrected chi connectivity index (χ4v) is 3.19. The summed E-state index contributed by atoms with van der Waals surface area (Å²) in [5, 5.41) is 22.2. The van der Waals surface area contributed by atoms with Crippen LogP contribution in [0.5, 0.6) is 0 Å². The van der Waals surface area contributed by atoms with Crippen molar-refractivity contribution in [1.82, 2.24) is 0 Å². The van der Waals surface area contributed by atoms with E-state index < -0.39 is 0 Å². The molecule has 0 fully saturated rings. The quantitative estimate of drug-likeness (QED) is 0.328. The predicted octanol–water partition coefficient (Wildman–Crippen LogP) is 1.21. The van der Waals surface area contributed by atoms with Gasteiger partial charge in [0.1, 0.15) is 5.84 Å². The number of carbonyl (C=O) groups is 3. The van der Waals surface area contributed by atoms with Crippen LogP contribution in [0.4, 0.5) is 17.1 Å². The Labute approximate surface area is 173 Å². The van der Waals surface area contributed by atoms with Crippen LogP contribution in [0.3, 0.4) is 0 Å². The summed E-state index contributed by atoms with van der Waals surface area (Å²) < 4.78 is 0. The number of carbonyl (C=O) groups excluding carboxylic acids is 3. The molecule has 0 unspecified atom stereocenters. The lowest BCUT2D eigenvalue weighted by Gasteiger charge is -2.22. The van der Waals surface area contributed by atoms with Gasteiger partial charge in [0.2, 0.25) is 17.7 Å². The summed E-state index contributed by atoms with van der Waals surface area (Å²) in [7, 11) is 0. The number of amidine groups is 1. The molecule has 0 bridgehead atoms. The molecule has 0 aliphatic carbocycles. The summed E-state index contributed by atoms with van der Waals surface area (Å²) in [5.41, 5.74) is 8.57. The smallest absolute Gasteiger partial charge is 0.228 e. The largest absolute Gasteiger partial charge is 0.395 e. The van der Waals surface area contributed by atoms with Crippen LogP contribution < -0.4 is 21.3 Å². The zero-order valence-corrected chi connectivity index (χ0v) is 16.3. The highest BCUT2D eigenvalue weighted by atomic mass is 16.3. The number of nitrogens with one attached hydrogen (secondary N) is 3. The van der Waals surface area contributed by atoms with Gasteiger partial charge in [-0.05, 0) is 48.0 Å². The van der Waals surface area contributed by atoms with E-state index in [1.165, 1.54) is 4.90 Å². The van der Waals surface area contributed by atoms with Gasteiger partial charge in [-0.3, -0.25) is 19.8 Å². The summed E-state index contributed by atoms with van der Waals surface area (Å²) in [4.78, 5) is 37.8. The van der Waals surface area contributed by atoms with E-state index in [9.17, 15) is 19.5 Å². The number of hydrogen-bond acceptors (Lipinski definition) is 5. The van der Waals surface area contributed by atoms with Gasteiger partial charge in [-0.1, -0.05) is 0 Å². The van der Waals surface area contributed by atoms with E-state index in [1.807, 2.05) is 0 Å². The average molecular weight is 409 g/mol. The van der Waals surface area contributed by atoms with Gasteiger partial charge in [-0.25, -0.2) is 0 Å². The topological polar surface area (TPSA) is 149 Å². The summed E-state index contributed by atoms with van der Waals surface area (Å²) in [6.45, 7) is -0.137. The SMILES string of the molecule is N=C(N)c1ccc(NC(=O)CCC(=O)N(CCO)c2ccc3c(c2)CC(=O)N3)cc1. The van der Waals surface area contributed by atoms with Gasteiger partial charge in [0.05, 0.1) is 13.0 Å². The number of amides is 3. The first-order valence-corrected chi connectivity index (χ1v) is 9.45. The molecule has 1 aliphatic rings. The molecule has 6 N–H and O–H groups in total. The van der Waals surface area contributed by atoms with Gasteiger partial charge < -0.3 is 26.4 Å². The van der Waals surface area contributed by atoms with Crippen molar-refractivity contribution in [3.8, 4) is 0 Å². The van der Waals surface area contributed by atoms with Crippen molar-refractivity contribution in [3.63, 3.8) is 0 Å². The maximum atomic E-state index is 12.7. The number of nitrogens with zero attached hydrogens (tertiary/aromatic N) is 1. The van der Waals surface area contributed by atoms with Crippen molar-refractivity contribution in [2.45, 2.75) is 19.3 Å². The summed E-state index contributed by atoms with van der Waals surface area (Å²) in [6, 6.07) is 11.7. The third-order valence-electron chi connectivity index (χ3n) is 4.70. The Balaban J connectivity index is 1.60. The highest BCUT2D eigenvalue weighted by molar-refractivity contribution is 6.02. The second-order valence-electron chi connectivity index (χ2n) is 6.87. The molecule has 0 atom stereocenters. The van der Waals surface area contributed by atoms with Crippen LogP contribution in [-0.4, -0.2) is 41.8 Å². The number of nitrogen functional groups attached to an aromatic ring is 1. The van der Waals surface area contributed by atoms with Gasteiger partial charge in [-0.15, -0.1) is 0 Å². The van der Waals surface area contributed by atoms with E-state index in [0.717, 1.165) is 11.3 Å². The number of hydrogen-bond donors (Lipinski definition) is 5. The number of aliphatic hydroxyl groups is 1. The molecule has 1 aliphatic heterocycles. The summed E-state index contributed by atoms with van der Waals surface area (Å²) >= 11 is 0. The van der Waals surface area contributed by atoms with Crippen LogP contribution in [-0.2, 0) is 20.8 Å². The second kappa shape index (κ2) is 9.19. The van der Waals surface area contributed by atoms with Crippen LogP contribution in [0, 0.1) is 5.41 Å². The molecule has 3 rings (SSSR count). The first kappa shape index (κ1) is 21.0. The van der Waals surface area contributed by atoms with Crippen LogP contribution >= 0.6 is 0 Å².